The molecule has 0 aliphatic carbocycles. The van der Waals surface area contributed by atoms with Gasteiger partial charge in [0.2, 0.25) is 5.91 Å². The molecule has 0 saturated carbocycles. The molecule has 2 rings (SSSR count). The van der Waals surface area contributed by atoms with Crippen molar-refractivity contribution >= 4 is 5.91 Å². The second-order valence-electron chi connectivity index (χ2n) is 5.42. The van der Waals surface area contributed by atoms with Crippen molar-refractivity contribution < 1.29 is 4.79 Å². The van der Waals surface area contributed by atoms with Gasteiger partial charge in [-0.2, -0.15) is 0 Å². The Kier molecular flexibility index (Phi) is 3.85. The molecular weight excluding hydrogens is 200 g/mol. The van der Waals surface area contributed by atoms with Gasteiger partial charge in [0.05, 0.1) is 0 Å². The van der Waals surface area contributed by atoms with Gasteiger partial charge >= 0.3 is 0 Å². The number of amides is 1. The average molecular weight is 224 g/mol. The van der Waals surface area contributed by atoms with Gasteiger partial charge in [-0.3, -0.25) is 4.79 Å². The van der Waals surface area contributed by atoms with Gasteiger partial charge in [0.15, 0.2) is 0 Å². The highest BCUT2D eigenvalue weighted by molar-refractivity contribution is 5.79. The van der Waals surface area contributed by atoms with Gasteiger partial charge in [0.25, 0.3) is 0 Å². The topological polar surface area (TPSA) is 32.3 Å². The van der Waals surface area contributed by atoms with Crippen LogP contribution in [0.1, 0.15) is 39.5 Å². The predicted octanol–water partition coefficient (Wildman–Crippen LogP) is 1.63. The lowest BCUT2D eigenvalue weighted by Crippen LogP contribution is -2.43. The minimum atomic E-state index is 0.284. The highest BCUT2D eigenvalue weighted by atomic mass is 16.2. The summed E-state index contributed by atoms with van der Waals surface area (Å²) in [6, 6.07) is 0.507. The fourth-order valence-electron chi connectivity index (χ4n) is 2.98. The number of nitrogens with zero attached hydrogens (tertiary/aromatic N) is 1. The Hall–Kier alpha value is -0.570. The number of hydrogen-bond acceptors (Lipinski definition) is 2. The van der Waals surface area contributed by atoms with Crippen LogP contribution in [0.4, 0.5) is 0 Å². The molecule has 0 aromatic heterocycles. The number of piperidine rings is 1. The maximum absolute atomic E-state index is 12.3. The number of hydrogen-bond donors (Lipinski definition) is 1. The molecule has 3 nitrogen and oxygen atoms in total. The van der Waals surface area contributed by atoms with Gasteiger partial charge in [0.1, 0.15) is 0 Å². The molecule has 1 unspecified atom stereocenters. The fraction of sp³-hybridized carbons (Fsp3) is 0.923. The van der Waals surface area contributed by atoms with Gasteiger partial charge in [-0.1, -0.05) is 13.3 Å². The maximum atomic E-state index is 12.3. The standard InChI is InChI=1S/C13H24N2O/c1-3-11-5-7-15(9-11)13(16)12-4-6-14-10(2)8-12/h10-12,14H,3-9H2,1-2H3/t10-,11?,12-/m0/s1. The number of nitrogens with one attached hydrogen (secondary N) is 1. The molecule has 16 heavy (non-hydrogen) atoms. The lowest BCUT2D eigenvalue weighted by atomic mass is 9.92. The summed E-state index contributed by atoms with van der Waals surface area (Å²) in [6.07, 6.45) is 4.47. The number of likely N-dealkylation sites (tertiary alicyclic amines) is 1. The normalized spacial score (nSPS) is 35.4. The minimum absolute atomic E-state index is 0.284. The molecule has 2 fully saturated rings. The Labute approximate surface area is 98.6 Å². The van der Waals surface area contributed by atoms with Crippen molar-refractivity contribution in [2.45, 2.75) is 45.6 Å². The molecule has 2 aliphatic heterocycles. The van der Waals surface area contributed by atoms with Gasteiger partial charge < -0.3 is 10.2 Å². The molecule has 1 amide bonds. The summed E-state index contributed by atoms with van der Waals surface area (Å²) in [5.74, 6) is 1.46. The SMILES string of the molecule is CCC1CCN(C(=O)[C@H]2CCN[C@@H](C)C2)C1. The summed E-state index contributed by atoms with van der Waals surface area (Å²) in [6.45, 7) is 7.41. The van der Waals surface area contributed by atoms with E-state index < -0.39 is 0 Å². The van der Waals surface area contributed by atoms with Gasteiger partial charge in [-0.05, 0) is 38.6 Å². The molecule has 0 aromatic rings. The zero-order chi connectivity index (χ0) is 11.5. The molecule has 2 heterocycles. The smallest absolute Gasteiger partial charge is 0.225 e. The van der Waals surface area contributed by atoms with Crippen LogP contribution in [0, 0.1) is 11.8 Å². The van der Waals surface area contributed by atoms with Crippen LogP contribution in [0.25, 0.3) is 0 Å². The van der Waals surface area contributed by atoms with Gasteiger partial charge in [-0.15, -0.1) is 0 Å². The Morgan fingerprint density at radius 2 is 2.25 bits per heavy atom. The van der Waals surface area contributed by atoms with Crippen molar-refractivity contribution in [3.05, 3.63) is 0 Å². The van der Waals surface area contributed by atoms with E-state index in [9.17, 15) is 4.79 Å². The van der Waals surface area contributed by atoms with Crippen molar-refractivity contribution in [1.29, 1.82) is 0 Å². The second kappa shape index (κ2) is 5.17. The summed E-state index contributed by atoms with van der Waals surface area (Å²) in [4.78, 5) is 14.4. The van der Waals surface area contributed by atoms with Crippen molar-refractivity contribution in [1.82, 2.24) is 10.2 Å². The first-order valence-corrected chi connectivity index (χ1v) is 6.73. The largest absolute Gasteiger partial charge is 0.342 e. The van der Waals surface area contributed by atoms with E-state index >= 15 is 0 Å². The molecule has 0 bridgehead atoms. The van der Waals surface area contributed by atoms with E-state index in [1.54, 1.807) is 0 Å². The number of rotatable bonds is 2. The Balaban J connectivity index is 1.87. The minimum Gasteiger partial charge on any atom is -0.342 e. The van der Waals surface area contributed by atoms with E-state index in [0.717, 1.165) is 38.4 Å². The molecule has 1 N–H and O–H groups in total. The average Bonchev–Trinajstić information content (AvgIpc) is 2.76. The molecule has 2 saturated heterocycles. The van der Waals surface area contributed by atoms with Gasteiger partial charge in [0, 0.05) is 25.0 Å². The summed E-state index contributed by atoms with van der Waals surface area (Å²) in [5, 5.41) is 3.41. The molecule has 0 spiro atoms. The molecule has 2 aliphatic rings. The van der Waals surface area contributed by atoms with Crippen molar-refractivity contribution in [2.75, 3.05) is 19.6 Å². The first-order valence-electron chi connectivity index (χ1n) is 6.73. The van der Waals surface area contributed by atoms with Crippen LogP contribution >= 0.6 is 0 Å². The summed E-state index contributed by atoms with van der Waals surface area (Å²) in [7, 11) is 0. The quantitative estimate of drug-likeness (QED) is 0.773. The maximum Gasteiger partial charge on any atom is 0.225 e. The third-order valence-electron chi connectivity index (χ3n) is 4.15. The molecular formula is C13H24N2O. The zero-order valence-electron chi connectivity index (χ0n) is 10.5. The fourth-order valence-corrected chi connectivity index (χ4v) is 2.98. The lowest BCUT2D eigenvalue weighted by molar-refractivity contribution is -0.135. The Morgan fingerprint density at radius 3 is 2.88 bits per heavy atom. The van der Waals surface area contributed by atoms with Crippen LogP contribution in [0.15, 0.2) is 0 Å². The lowest BCUT2D eigenvalue weighted by Gasteiger charge is -2.30. The van der Waals surface area contributed by atoms with Crippen molar-refractivity contribution in [3.63, 3.8) is 0 Å². The van der Waals surface area contributed by atoms with E-state index in [1.165, 1.54) is 12.8 Å². The van der Waals surface area contributed by atoms with Gasteiger partial charge in [-0.25, -0.2) is 0 Å². The molecule has 92 valence electrons. The molecule has 3 heteroatoms. The first kappa shape index (κ1) is 11.9. The predicted molar refractivity (Wildman–Crippen MR) is 65.2 cm³/mol. The van der Waals surface area contributed by atoms with E-state index in [2.05, 4.69) is 24.1 Å². The van der Waals surface area contributed by atoms with Crippen LogP contribution in [0.2, 0.25) is 0 Å². The van der Waals surface area contributed by atoms with E-state index in [0.29, 0.717) is 11.9 Å². The molecule has 0 radical (unpaired) electrons. The Bertz CT molecular complexity index is 254. The molecule has 3 atom stereocenters. The summed E-state index contributed by atoms with van der Waals surface area (Å²) in [5.41, 5.74) is 0. The second-order valence-corrected chi connectivity index (χ2v) is 5.42. The highest BCUT2D eigenvalue weighted by Crippen LogP contribution is 2.24. The zero-order valence-corrected chi connectivity index (χ0v) is 10.5. The number of carbonyl (C=O) groups is 1. The third kappa shape index (κ3) is 2.57. The van der Waals surface area contributed by atoms with Crippen LogP contribution in [-0.2, 0) is 4.79 Å². The van der Waals surface area contributed by atoms with Crippen LogP contribution in [0.3, 0.4) is 0 Å². The van der Waals surface area contributed by atoms with E-state index in [4.69, 9.17) is 0 Å². The monoisotopic (exact) mass is 224 g/mol. The van der Waals surface area contributed by atoms with Crippen LogP contribution < -0.4 is 5.32 Å². The summed E-state index contributed by atoms with van der Waals surface area (Å²) < 4.78 is 0. The first-order chi connectivity index (χ1) is 7.70. The summed E-state index contributed by atoms with van der Waals surface area (Å²) >= 11 is 0. The molecule has 0 aromatic carbocycles. The van der Waals surface area contributed by atoms with Crippen LogP contribution in [-0.4, -0.2) is 36.5 Å². The number of carbonyl (C=O) groups excluding carboxylic acids is 1. The Morgan fingerprint density at radius 1 is 1.44 bits per heavy atom. The third-order valence-corrected chi connectivity index (χ3v) is 4.15. The van der Waals surface area contributed by atoms with E-state index in [1.807, 2.05) is 0 Å². The van der Waals surface area contributed by atoms with Crippen LogP contribution in [0.5, 0.6) is 0 Å². The van der Waals surface area contributed by atoms with Crippen molar-refractivity contribution in [3.8, 4) is 0 Å². The van der Waals surface area contributed by atoms with Crippen molar-refractivity contribution in [2.24, 2.45) is 11.8 Å². The highest BCUT2D eigenvalue weighted by Gasteiger charge is 2.32. The van der Waals surface area contributed by atoms with E-state index in [-0.39, 0.29) is 5.92 Å².